The van der Waals surface area contributed by atoms with E-state index in [1.807, 2.05) is 17.0 Å². The maximum atomic E-state index is 12.7. The van der Waals surface area contributed by atoms with E-state index in [4.69, 9.17) is 18.9 Å². The lowest BCUT2D eigenvalue weighted by Crippen LogP contribution is -2.37. The lowest BCUT2D eigenvalue weighted by atomic mass is 10.1. The maximum Gasteiger partial charge on any atom is 0.335 e. The van der Waals surface area contributed by atoms with Crippen molar-refractivity contribution >= 4 is 11.9 Å². The molecular formula is C26H32N2O7. The summed E-state index contributed by atoms with van der Waals surface area (Å²) in [5, 5.41) is 12.4. The van der Waals surface area contributed by atoms with Crippen LogP contribution in [0.5, 0.6) is 23.0 Å². The monoisotopic (exact) mass is 484 g/mol. The second kappa shape index (κ2) is 11.8. The van der Waals surface area contributed by atoms with Gasteiger partial charge in [0, 0.05) is 31.6 Å². The smallest absolute Gasteiger partial charge is 0.335 e. The third kappa shape index (κ3) is 6.57. The van der Waals surface area contributed by atoms with Crippen LogP contribution in [0.15, 0.2) is 30.3 Å². The highest BCUT2D eigenvalue weighted by molar-refractivity contribution is 5.88. The first-order valence-electron chi connectivity index (χ1n) is 12.0. The van der Waals surface area contributed by atoms with Gasteiger partial charge < -0.3 is 29.4 Å². The number of hydrogen-bond acceptors (Lipinski definition) is 7. The quantitative estimate of drug-likeness (QED) is 0.681. The van der Waals surface area contributed by atoms with Gasteiger partial charge in [0.05, 0.1) is 39.0 Å². The molecule has 4 rings (SSSR count). The maximum absolute atomic E-state index is 12.7. The third-order valence-electron chi connectivity index (χ3n) is 5.98. The van der Waals surface area contributed by atoms with Crippen molar-refractivity contribution in [3.8, 4) is 23.0 Å². The molecule has 0 aromatic heterocycles. The molecule has 35 heavy (non-hydrogen) atoms. The fourth-order valence-corrected chi connectivity index (χ4v) is 4.23. The predicted molar refractivity (Wildman–Crippen MR) is 128 cm³/mol. The molecule has 2 aromatic carbocycles. The number of nitrogens with one attached hydrogen (secondary N) is 1. The molecule has 2 aliphatic rings. The first-order chi connectivity index (χ1) is 17.0. The Balaban J connectivity index is 1.64. The van der Waals surface area contributed by atoms with Crippen LogP contribution in [-0.2, 0) is 17.9 Å². The van der Waals surface area contributed by atoms with Crippen molar-refractivity contribution in [2.24, 2.45) is 0 Å². The molecule has 2 N–H and O–H groups in total. The molecular weight excluding hydrogens is 452 g/mol. The highest BCUT2D eigenvalue weighted by atomic mass is 16.5. The van der Waals surface area contributed by atoms with Gasteiger partial charge in [-0.2, -0.15) is 0 Å². The highest BCUT2D eigenvalue weighted by Crippen LogP contribution is 2.40. The number of rotatable bonds is 4. The standard InChI is InChI=1S/C26H32N2O7/c1-32-22-12-18(13-23-25(22)35-11-5-10-34-23)15-28-16-20-7-6-19(26(30)31)14-21(20)33-9-4-2-3-8-27-24(29)17-28/h6-7,12-14H,2-5,8-11,15-17H2,1H3,(H,27,29)(H,30,31). The Morgan fingerprint density at radius 2 is 1.80 bits per heavy atom. The summed E-state index contributed by atoms with van der Waals surface area (Å²) in [5.41, 5.74) is 1.90. The molecule has 188 valence electrons. The molecule has 0 radical (unpaired) electrons. The van der Waals surface area contributed by atoms with Gasteiger partial charge in [-0.1, -0.05) is 6.07 Å². The van der Waals surface area contributed by atoms with Crippen LogP contribution in [0.4, 0.5) is 0 Å². The molecule has 2 aliphatic heterocycles. The molecule has 0 fully saturated rings. The second-order valence-corrected chi connectivity index (χ2v) is 8.71. The van der Waals surface area contributed by atoms with Crippen LogP contribution in [-0.4, -0.2) is 61.9 Å². The van der Waals surface area contributed by atoms with E-state index in [1.165, 1.54) is 0 Å². The van der Waals surface area contributed by atoms with Crippen LogP contribution in [0, 0.1) is 0 Å². The van der Waals surface area contributed by atoms with Gasteiger partial charge in [0.15, 0.2) is 11.5 Å². The molecule has 0 atom stereocenters. The summed E-state index contributed by atoms with van der Waals surface area (Å²) in [6.45, 7) is 3.24. The van der Waals surface area contributed by atoms with E-state index in [1.54, 1.807) is 25.3 Å². The number of ether oxygens (including phenoxy) is 4. The van der Waals surface area contributed by atoms with Crippen molar-refractivity contribution in [2.75, 3.05) is 40.0 Å². The minimum atomic E-state index is -1.00. The molecule has 0 unspecified atom stereocenters. The van der Waals surface area contributed by atoms with E-state index in [0.29, 0.717) is 62.5 Å². The van der Waals surface area contributed by atoms with Gasteiger partial charge in [0.1, 0.15) is 5.75 Å². The average Bonchev–Trinajstić information content (AvgIpc) is 3.08. The lowest BCUT2D eigenvalue weighted by Gasteiger charge is -2.24. The zero-order valence-corrected chi connectivity index (χ0v) is 20.0. The van der Waals surface area contributed by atoms with Crippen molar-refractivity contribution in [3.63, 3.8) is 0 Å². The average molecular weight is 485 g/mol. The van der Waals surface area contributed by atoms with Crippen LogP contribution >= 0.6 is 0 Å². The van der Waals surface area contributed by atoms with E-state index in [2.05, 4.69) is 5.32 Å². The van der Waals surface area contributed by atoms with Crippen molar-refractivity contribution in [1.82, 2.24) is 10.2 Å². The van der Waals surface area contributed by atoms with Crippen molar-refractivity contribution in [1.29, 1.82) is 0 Å². The molecule has 2 heterocycles. The molecule has 0 bridgehead atoms. The molecule has 0 spiro atoms. The topological polar surface area (TPSA) is 107 Å². The number of nitrogens with zero attached hydrogens (tertiary/aromatic N) is 1. The van der Waals surface area contributed by atoms with E-state index < -0.39 is 5.97 Å². The van der Waals surface area contributed by atoms with Crippen LogP contribution in [0.3, 0.4) is 0 Å². The van der Waals surface area contributed by atoms with Gasteiger partial charge in [-0.3, -0.25) is 9.69 Å². The third-order valence-corrected chi connectivity index (χ3v) is 5.98. The minimum absolute atomic E-state index is 0.0600. The molecule has 0 saturated heterocycles. The van der Waals surface area contributed by atoms with E-state index in [-0.39, 0.29) is 18.0 Å². The lowest BCUT2D eigenvalue weighted by molar-refractivity contribution is -0.122. The summed E-state index contributed by atoms with van der Waals surface area (Å²) >= 11 is 0. The van der Waals surface area contributed by atoms with Crippen LogP contribution < -0.4 is 24.3 Å². The van der Waals surface area contributed by atoms with Gasteiger partial charge in [-0.25, -0.2) is 4.79 Å². The SMILES string of the molecule is COc1cc(CN2CC(=O)NCCCCCOc3cc(C(=O)O)ccc3C2)cc2c1OCCCO2. The van der Waals surface area contributed by atoms with E-state index in [9.17, 15) is 14.7 Å². The van der Waals surface area contributed by atoms with Crippen molar-refractivity contribution in [2.45, 2.75) is 38.8 Å². The number of hydrogen-bond donors (Lipinski definition) is 2. The predicted octanol–water partition coefficient (Wildman–Crippen LogP) is 3.24. The Kier molecular flexibility index (Phi) is 8.31. The van der Waals surface area contributed by atoms with Gasteiger partial charge in [-0.05, 0) is 49.1 Å². The zero-order chi connectivity index (χ0) is 24.6. The number of fused-ring (bicyclic) bond motifs is 2. The number of benzene rings is 2. The van der Waals surface area contributed by atoms with Crippen LogP contribution in [0.2, 0.25) is 0 Å². The highest BCUT2D eigenvalue weighted by Gasteiger charge is 2.21. The van der Waals surface area contributed by atoms with Crippen LogP contribution in [0.1, 0.15) is 47.2 Å². The number of carboxylic acids is 1. The fraction of sp³-hybridized carbons (Fsp3) is 0.462. The van der Waals surface area contributed by atoms with Crippen molar-refractivity contribution in [3.05, 3.63) is 47.0 Å². The van der Waals surface area contributed by atoms with E-state index in [0.717, 1.165) is 36.8 Å². The summed E-state index contributed by atoms with van der Waals surface area (Å²) in [4.78, 5) is 26.2. The number of carbonyl (C=O) groups is 2. The zero-order valence-electron chi connectivity index (χ0n) is 20.0. The van der Waals surface area contributed by atoms with Gasteiger partial charge in [0.25, 0.3) is 0 Å². The Morgan fingerprint density at radius 1 is 1.00 bits per heavy atom. The van der Waals surface area contributed by atoms with Crippen molar-refractivity contribution < 1.29 is 33.6 Å². The molecule has 9 heteroatoms. The Hall–Kier alpha value is -3.46. The summed E-state index contributed by atoms with van der Waals surface area (Å²) in [7, 11) is 1.59. The number of carboxylic acid groups (broad SMARTS) is 1. The van der Waals surface area contributed by atoms with E-state index >= 15 is 0 Å². The second-order valence-electron chi connectivity index (χ2n) is 8.71. The first-order valence-corrected chi connectivity index (χ1v) is 12.0. The number of amides is 1. The summed E-state index contributed by atoms with van der Waals surface area (Å²) in [6.07, 6.45) is 3.38. The molecule has 0 saturated carbocycles. The summed E-state index contributed by atoms with van der Waals surface area (Å²) in [5.74, 6) is 1.28. The summed E-state index contributed by atoms with van der Waals surface area (Å²) in [6, 6.07) is 8.71. The molecule has 2 aromatic rings. The molecule has 0 aliphatic carbocycles. The first kappa shape index (κ1) is 24.7. The molecule has 9 nitrogen and oxygen atoms in total. The number of carbonyl (C=O) groups excluding carboxylic acids is 1. The van der Waals surface area contributed by atoms with Gasteiger partial charge in [0.2, 0.25) is 11.7 Å². The number of methoxy groups -OCH3 is 1. The van der Waals surface area contributed by atoms with Crippen LogP contribution in [0.25, 0.3) is 0 Å². The van der Waals surface area contributed by atoms with Gasteiger partial charge in [-0.15, -0.1) is 0 Å². The normalized spacial score (nSPS) is 17.3. The fourth-order valence-electron chi connectivity index (χ4n) is 4.23. The largest absolute Gasteiger partial charge is 0.493 e. The Labute approximate surface area is 204 Å². The van der Waals surface area contributed by atoms with Gasteiger partial charge >= 0.3 is 5.97 Å². The Bertz CT molecular complexity index is 1060. The molecule has 1 amide bonds. The summed E-state index contributed by atoms with van der Waals surface area (Å²) < 4.78 is 23.3. The Morgan fingerprint density at radius 3 is 2.63 bits per heavy atom. The minimum Gasteiger partial charge on any atom is -0.493 e. The number of aromatic carboxylic acids is 1.